The molecule has 0 unspecified atom stereocenters. The van der Waals surface area contributed by atoms with Crippen molar-refractivity contribution in [3.05, 3.63) is 30.0 Å². The molecule has 5 nitrogen and oxygen atoms in total. The van der Waals surface area contributed by atoms with Crippen LogP contribution in [-0.2, 0) is 6.61 Å². The zero-order valence-electron chi connectivity index (χ0n) is 9.35. The summed E-state index contributed by atoms with van der Waals surface area (Å²) in [4.78, 5) is 0. The summed E-state index contributed by atoms with van der Waals surface area (Å²) in [5, 5.41) is 4.05. The fourth-order valence-electron chi connectivity index (χ4n) is 1.24. The number of anilines is 1. The topological polar surface area (TPSA) is 70.3 Å². The molecular formula is C10H8F3N3O2S. The van der Waals surface area contributed by atoms with Crippen LogP contribution in [0.25, 0.3) is 0 Å². The van der Waals surface area contributed by atoms with Gasteiger partial charge in [0.05, 0.1) is 0 Å². The van der Waals surface area contributed by atoms with Gasteiger partial charge in [0.2, 0.25) is 0 Å². The van der Waals surface area contributed by atoms with Crippen molar-refractivity contribution in [1.82, 2.24) is 9.59 Å². The third-order valence-electron chi connectivity index (χ3n) is 2.02. The number of alkyl halides is 3. The van der Waals surface area contributed by atoms with Crippen LogP contribution in [0.4, 0.5) is 18.2 Å². The average Bonchev–Trinajstić information content (AvgIpc) is 2.72. The molecule has 2 rings (SSSR count). The summed E-state index contributed by atoms with van der Waals surface area (Å²) in [6.07, 6.45) is -4.78. The first-order valence-corrected chi connectivity index (χ1v) is 5.77. The zero-order valence-corrected chi connectivity index (χ0v) is 10.2. The second-order valence-electron chi connectivity index (χ2n) is 3.37. The van der Waals surface area contributed by atoms with Crippen molar-refractivity contribution in [2.75, 3.05) is 5.73 Å². The molecule has 1 aromatic carbocycles. The van der Waals surface area contributed by atoms with Crippen molar-refractivity contribution in [2.24, 2.45) is 0 Å². The summed E-state index contributed by atoms with van der Waals surface area (Å²) in [7, 11) is 0. The van der Waals surface area contributed by atoms with Gasteiger partial charge in [-0.1, -0.05) is 16.6 Å². The molecular weight excluding hydrogens is 283 g/mol. The number of nitrogens with two attached hydrogens (primary N) is 1. The lowest BCUT2D eigenvalue weighted by Crippen LogP contribution is -2.17. The molecule has 0 atom stereocenters. The van der Waals surface area contributed by atoms with Gasteiger partial charge in [0, 0.05) is 11.5 Å². The highest BCUT2D eigenvalue weighted by molar-refractivity contribution is 7.09. The van der Waals surface area contributed by atoms with Crippen molar-refractivity contribution >= 4 is 16.5 Å². The number of hydrogen-bond acceptors (Lipinski definition) is 6. The predicted molar refractivity (Wildman–Crippen MR) is 61.8 cm³/mol. The summed E-state index contributed by atoms with van der Waals surface area (Å²) >= 11 is 0.979. The van der Waals surface area contributed by atoms with E-state index in [9.17, 15) is 13.2 Å². The monoisotopic (exact) mass is 291 g/mol. The van der Waals surface area contributed by atoms with Crippen LogP contribution in [0.5, 0.6) is 11.5 Å². The first-order valence-electron chi connectivity index (χ1n) is 5.00. The van der Waals surface area contributed by atoms with E-state index in [1.165, 1.54) is 18.2 Å². The Hall–Kier alpha value is -2.03. The largest absolute Gasteiger partial charge is 0.573 e. The maximum atomic E-state index is 12.2. The van der Waals surface area contributed by atoms with Crippen molar-refractivity contribution < 1.29 is 22.6 Å². The first-order chi connectivity index (χ1) is 8.96. The molecule has 0 bridgehead atoms. The van der Waals surface area contributed by atoms with Gasteiger partial charge < -0.3 is 15.2 Å². The average molecular weight is 291 g/mol. The number of hydrogen-bond donors (Lipinski definition) is 1. The summed E-state index contributed by atoms with van der Waals surface area (Å²) < 4.78 is 49.2. The summed E-state index contributed by atoms with van der Waals surface area (Å²) in [6.45, 7) is -0.0828. The minimum atomic E-state index is -4.78. The fraction of sp³-hybridized carbons (Fsp3) is 0.200. The third kappa shape index (κ3) is 3.71. The van der Waals surface area contributed by atoms with E-state index in [2.05, 4.69) is 14.3 Å². The highest BCUT2D eigenvalue weighted by Gasteiger charge is 2.32. The van der Waals surface area contributed by atoms with E-state index >= 15 is 0 Å². The molecule has 1 heterocycles. The molecule has 0 radical (unpaired) electrons. The molecule has 0 amide bonds. The first kappa shape index (κ1) is 13.4. The quantitative estimate of drug-likeness (QED) is 0.937. The summed E-state index contributed by atoms with van der Waals surface area (Å²) in [5.41, 5.74) is 5.91. The van der Waals surface area contributed by atoms with Crippen molar-refractivity contribution in [3.8, 4) is 11.5 Å². The molecule has 19 heavy (non-hydrogen) atoms. The molecule has 0 aliphatic heterocycles. The van der Waals surface area contributed by atoms with Crippen molar-refractivity contribution in [3.63, 3.8) is 0 Å². The lowest BCUT2D eigenvalue weighted by Gasteiger charge is -2.13. The Morgan fingerprint density at radius 1 is 1.21 bits per heavy atom. The lowest BCUT2D eigenvalue weighted by atomic mass is 10.3. The maximum absolute atomic E-state index is 12.2. The van der Waals surface area contributed by atoms with Crippen LogP contribution in [0.15, 0.2) is 24.3 Å². The van der Waals surface area contributed by atoms with Crippen LogP contribution in [0.1, 0.15) is 5.69 Å². The standard InChI is InChI=1S/C10H8F3N3O2S/c11-10(12,13)18-8-4-2-1-3-7(8)17-5-6-9(14)19-16-15-6/h1-4H,5,14H2. The molecule has 0 spiro atoms. The Bertz CT molecular complexity index is 559. The predicted octanol–water partition coefficient (Wildman–Crippen LogP) is 2.60. The van der Waals surface area contributed by atoms with Crippen molar-refractivity contribution in [2.45, 2.75) is 13.0 Å². The Labute approximate surface area is 109 Å². The van der Waals surface area contributed by atoms with Crippen LogP contribution in [0.3, 0.4) is 0 Å². The minimum absolute atomic E-state index is 0.0489. The molecule has 0 saturated carbocycles. The molecule has 1 aromatic heterocycles. The van der Waals surface area contributed by atoms with Crippen LogP contribution in [0.2, 0.25) is 0 Å². The van der Waals surface area contributed by atoms with E-state index in [1.54, 1.807) is 0 Å². The second kappa shape index (κ2) is 5.31. The van der Waals surface area contributed by atoms with E-state index < -0.39 is 12.1 Å². The molecule has 0 aliphatic rings. The van der Waals surface area contributed by atoms with Gasteiger partial charge >= 0.3 is 6.36 Å². The van der Waals surface area contributed by atoms with Crippen LogP contribution < -0.4 is 15.2 Å². The zero-order chi connectivity index (χ0) is 13.9. The van der Waals surface area contributed by atoms with E-state index in [4.69, 9.17) is 10.5 Å². The maximum Gasteiger partial charge on any atom is 0.573 e. The smallest absolute Gasteiger partial charge is 0.483 e. The number of nitrogens with zero attached hydrogens (tertiary/aromatic N) is 2. The van der Waals surface area contributed by atoms with E-state index in [0.29, 0.717) is 10.7 Å². The van der Waals surface area contributed by atoms with Crippen LogP contribution in [0, 0.1) is 0 Å². The second-order valence-corrected chi connectivity index (χ2v) is 4.15. The van der Waals surface area contributed by atoms with Gasteiger partial charge in [-0.25, -0.2) is 0 Å². The molecule has 0 fully saturated rings. The molecule has 0 aliphatic carbocycles. The normalized spacial score (nSPS) is 11.3. The van der Waals surface area contributed by atoms with E-state index in [1.807, 2.05) is 0 Å². The summed E-state index contributed by atoms with van der Waals surface area (Å²) in [6, 6.07) is 5.45. The lowest BCUT2D eigenvalue weighted by molar-refractivity contribution is -0.275. The van der Waals surface area contributed by atoms with Gasteiger partial charge in [-0.2, -0.15) is 0 Å². The molecule has 9 heteroatoms. The van der Waals surface area contributed by atoms with Crippen molar-refractivity contribution in [1.29, 1.82) is 0 Å². The van der Waals surface area contributed by atoms with Crippen LogP contribution >= 0.6 is 11.5 Å². The number of halogens is 3. The molecule has 2 N–H and O–H groups in total. The van der Waals surface area contributed by atoms with Gasteiger partial charge in [-0.15, -0.1) is 18.3 Å². The minimum Gasteiger partial charge on any atom is -0.483 e. The number of rotatable bonds is 4. The highest BCUT2D eigenvalue weighted by atomic mass is 32.1. The number of para-hydroxylation sites is 2. The fourth-order valence-corrected chi connectivity index (χ4v) is 1.67. The van der Waals surface area contributed by atoms with E-state index in [-0.39, 0.29) is 12.4 Å². The number of aromatic nitrogens is 2. The number of nitrogen functional groups attached to an aromatic ring is 1. The third-order valence-corrected chi connectivity index (χ3v) is 2.62. The Kier molecular flexibility index (Phi) is 3.74. The number of benzene rings is 1. The molecule has 2 aromatic rings. The molecule has 0 saturated heterocycles. The van der Waals surface area contributed by atoms with Gasteiger partial charge in [0.25, 0.3) is 0 Å². The Balaban J connectivity index is 2.10. The highest BCUT2D eigenvalue weighted by Crippen LogP contribution is 2.32. The van der Waals surface area contributed by atoms with Gasteiger partial charge in [-0.05, 0) is 12.1 Å². The van der Waals surface area contributed by atoms with E-state index in [0.717, 1.165) is 17.6 Å². The van der Waals surface area contributed by atoms with Gasteiger partial charge in [-0.3, -0.25) is 0 Å². The van der Waals surface area contributed by atoms with Gasteiger partial charge in [0.15, 0.2) is 11.5 Å². The molecule has 102 valence electrons. The van der Waals surface area contributed by atoms with Gasteiger partial charge in [0.1, 0.15) is 17.3 Å². The summed E-state index contributed by atoms with van der Waals surface area (Å²) in [5.74, 6) is -0.469. The Morgan fingerprint density at radius 2 is 1.89 bits per heavy atom. The van der Waals surface area contributed by atoms with Crippen LogP contribution in [-0.4, -0.2) is 15.9 Å². The number of ether oxygens (including phenoxy) is 2. The SMILES string of the molecule is Nc1snnc1COc1ccccc1OC(F)(F)F. The Morgan fingerprint density at radius 3 is 2.47 bits per heavy atom.